The van der Waals surface area contributed by atoms with Crippen molar-refractivity contribution in [1.82, 2.24) is 9.97 Å². The zero-order valence-electron chi connectivity index (χ0n) is 9.84. The Hall–Kier alpha value is -1.04. The molecule has 2 heterocycles. The Morgan fingerprint density at radius 1 is 1.33 bits per heavy atom. The van der Waals surface area contributed by atoms with Crippen molar-refractivity contribution in [2.75, 3.05) is 18.0 Å². The molecule has 1 fully saturated rings. The van der Waals surface area contributed by atoms with Crippen LogP contribution in [0.25, 0.3) is 0 Å². The van der Waals surface area contributed by atoms with E-state index in [-0.39, 0.29) is 11.1 Å². The largest absolute Gasteiger partial charge is 0.421 e. The van der Waals surface area contributed by atoms with Gasteiger partial charge in [-0.3, -0.25) is 0 Å². The summed E-state index contributed by atoms with van der Waals surface area (Å²) < 4.78 is 38.6. The van der Waals surface area contributed by atoms with Crippen molar-refractivity contribution >= 4 is 17.4 Å². The highest BCUT2D eigenvalue weighted by Crippen LogP contribution is 2.36. The Morgan fingerprint density at radius 3 is 2.50 bits per heavy atom. The molecule has 0 unspecified atom stereocenters. The summed E-state index contributed by atoms with van der Waals surface area (Å²) in [6.45, 7) is 3.23. The summed E-state index contributed by atoms with van der Waals surface area (Å²) in [4.78, 5) is 8.81. The van der Waals surface area contributed by atoms with Gasteiger partial charge in [-0.05, 0) is 30.4 Å². The van der Waals surface area contributed by atoms with Gasteiger partial charge in [-0.1, -0.05) is 6.92 Å². The monoisotopic (exact) mass is 279 g/mol. The molecule has 1 aromatic heterocycles. The first-order valence-electron chi connectivity index (χ1n) is 5.72. The molecule has 0 amide bonds. The summed E-state index contributed by atoms with van der Waals surface area (Å²) >= 11 is 5.60. The summed E-state index contributed by atoms with van der Waals surface area (Å²) in [5, 5.41) is -0.156. The maximum absolute atomic E-state index is 12.9. The number of nitrogens with zero attached hydrogens (tertiary/aromatic N) is 3. The van der Waals surface area contributed by atoms with Gasteiger partial charge in [0, 0.05) is 19.3 Å². The van der Waals surface area contributed by atoms with E-state index < -0.39 is 11.7 Å². The van der Waals surface area contributed by atoms with Crippen LogP contribution in [-0.4, -0.2) is 23.1 Å². The van der Waals surface area contributed by atoms with E-state index >= 15 is 0 Å². The Kier molecular flexibility index (Phi) is 3.66. The van der Waals surface area contributed by atoms with Gasteiger partial charge in [0.1, 0.15) is 11.4 Å². The number of rotatable bonds is 1. The molecule has 7 heteroatoms. The molecule has 0 N–H and O–H groups in total. The number of halogens is 4. The van der Waals surface area contributed by atoms with Crippen LogP contribution in [-0.2, 0) is 6.18 Å². The first-order valence-corrected chi connectivity index (χ1v) is 6.10. The molecule has 0 saturated carbocycles. The maximum atomic E-state index is 12.9. The van der Waals surface area contributed by atoms with Crippen LogP contribution in [0, 0.1) is 5.92 Å². The van der Waals surface area contributed by atoms with Gasteiger partial charge in [-0.25, -0.2) is 4.98 Å². The Bertz CT molecular complexity index is 428. The van der Waals surface area contributed by atoms with Crippen LogP contribution in [0.15, 0.2) is 6.20 Å². The summed E-state index contributed by atoms with van der Waals surface area (Å²) in [6.07, 6.45) is -1.98. The average Bonchev–Trinajstić information content (AvgIpc) is 2.28. The summed E-state index contributed by atoms with van der Waals surface area (Å²) in [6, 6.07) is 0. The Morgan fingerprint density at radius 2 is 1.94 bits per heavy atom. The number of alkyl halides is 3. The van der Waals surface area contributed by atoms with E-state index in [1.54, 1.807) is 4.90 Å². The van der Waals surface area contributed by atoms with E-state index in [0.717, 1.165) is 19.0 Å². The lowest BCUT2D eigenvalue weighted by Crippen LogP contribution is -2.35. The van der Waals surface area contributed by atoms with Gasteiger partial charge in [0.15, 0.2) is 0 Å². The molecule has 1 saturated heterocycles. The maximum Gasteiger partial charge on any atom is 0.421 e. The van der Waals surface area contributed by atoms with Crippen LogP contribution in [0.3, 0.4) is 0 Å². The molecular formula is C11H13ClF3N3. The lowest BCUT2D eigenvalue weighted by atomic mass is 9.99. The minimum absolute atomic E-state index is 0.102. The van der Waals surface area contributed by atoms with E-state index in [9.17, 15) is 13.2 Å². The van der Waals surface area contributed by atoms with Gasteiger partial charge in [0.2, 0.25) is 5.28 Å². The van der Waals surface area contributed by atoms with Crippen molar-refractivity contribution in [3.63, 3.8) is 0 Å². The van der Waals surface area contributed by atoms with Crippen LogP contribution in [0.1, 0.15) is 25.3 Å². The lowest BCUT2D eigenvalue weighted by molar-refractivity contribution is -0.137. The summed E-state index contributed by atoms with van der Waals surface area (Å²) in [5.41, 5.74) is -0.818. The second-order valence-corrected chi connectivity index (χ2v) is 4.88. The van der Waals surface area contributed by atoms with Gasteiger partial charge >= 0.3 is 6.18 Å². The molecule has 100 valence electrons. The molecule has 0 bridgehead atoms. The highest BCUT2D eigenvalue weighted by atomic mass is 35.5. The summed E-state index contributed by atoms with van der Waals surface area (Å²) in [5.74, 6) is 0.433. The fourth-order valence-corrected chi connectivity index (χ4v) is 2.14. The van der Waals surface area contributed by atoms with Crippen molar-refractivity contribution in [2.45, 2.75) is 25.9 Å². The number of piperidine rings is 1. The van der Waals surface area contributed by atoms with Crippen molar-refractivity contribution in [3.8, 4) is 0 Å². The molecule has 2 rings (SSSR count). The summed E-state index contributed by atoms with van der Waals surface area (Å²) in [7, 11) is 0. The van der Waals surface area contributed by atoms with Crippen LogP contribution >= 0.6 is 11.6 Å². The second kappa shape index (κ2) is 4.91. The zero-order chi connectivity index (χ0) is 13.3. The van der Waals surface area contributed by atoms with E-state index in [2.05, 4.69) is 16.9 Å². The molecule has 3 nitrogen and oxygen atoms in total. The number of aromatic nitrogens is 2. The van der Waals surface area contributed by atoms with Gasteiger partial charge in [0.25, 0.3) is 0 Å². The predicted molar refractivity (Wildman–Crippen MR) is 62.7 cm³/mol. The SMILES string of the molecule is CC1CCN(c2nc(Cl)ncc2C(F)(F)F)CC1. The van der Waals surface area contributed by atoms with Gasteiger partial charge in [-0.15, -0.1) is 0 Å². The van der Waals surface area contributed by atoms with Crippen LogP contribution in [0.4, 0.5) is 19.0 Å². The third-order valence-electron chi connectivity index (χ3n) is 3.13. The molecule has 1 aliphatic rings. The molecule has 18 heavy (non-hydrogen) atoms. The number of hydrogen-bond acceptors (Lipinski definition) is 3. The van der Waals surface area contributed by atoms with Gasteiger partial charge in [0.05, 0.1) is 0 Å². The average molecular weight is 280 g/mol. The number of anilines is 1. The molecule has 0 aliphatic carbocycles. The Labute approximate surface area is 108 Å². The van der Waals surface area contributed by atoms with E-state index in [0.29, 0.717) is 19.0 Å². The fraction of sp³-hybridized carbons (Fsp3) is 0.636. The zero-order valence-corrected chi connectivity index (χ0v) is 10.6. The van der Waals surface area contributed by atoms with Crippen molar-refractivity contribution in [1.29, 1.82) is 0 Å². The highest BCUT2D eigenvalue weighted by Gasteiger charge is 2.37. The normalized spacial score (nSPS) is 18.2. The molecule has 0 spiro atoms. The van der Waals surface area contributed by atoms with E-state index in [1.807, 2.05) is 0 Å². The van der Waals surface area contributed by atoms with E-state index in [4.69, 9.17) is 11.6 Å². The minimum Gasteiger partial charge on any atom is -0.356 e. The quantitative estimate of drug-likeness (QED) is 0.738. The van der Waals surface area contributed by atoms with Crippen molar-refractivity contribution < 1.29 is 13.2 Å². The van der Waals surface area contributed by atoms with Crippen LogP contribution in [0.2, 0.25) is 5.28 Å². The van der Waals surface area contributed by atoms with Crippen LogP contribution < -0.4 is 4.90 Å². The molecular weight excluding hydrogens is 267 g/mol. The van der Waals surface area contributed by atoms with Gasteiger partial charge < -0.3 is 4.90 Å². The lowest BCUT2D eigenvalue weighted by Gasteiger charge is -2.32. The molecule has 1 aromatic rings. The van der Waals surface area contributed by atoms with E-state index in [1.165, 1.54) is 0 Å². The highest BCUT2D eigenvalue weighted by molar-refractivity contribution is 6.28. The third-order valence-corrected chi connectivity index (χ3v) is 3.31. The smallest absolute Gasteiger partial charge is 0.356 e. The Balaban J connectivity index is 2.33. The molecule has 0 atom stereocenters. The van der Waals surface area contributed by atoms with Crippen molar-refractivity contribution in [2.24, 2.45) is 5.92 Å². The molecule has 1 aliphatic heterocycles. The van der Waals surface area contributed by atoms with Gasteiger partial charge in [-0.2, -0.15) is 18.2 Å². The molecule has 0 aromatic carbocycles. The van der Waals surface area contributed by atoms with Crippen LogP contribution in [0.5, 0.6) is 0 Å². The predicted octanol–water partition coefficient (Wildman–Crippen LogP) is 3.39. The topological polar surface area (TPSA) is 29.0 Å². The fourth-order valence-electron chi connectivity index (χ4n) is 2.01. The van der Waals surface area contributed by atoms with Crippen molar-refractivity contribution in [3.05, 3.63) is 17.0 Å². The third kappa shape index (κ3) is 2.85. The minimum atomic E-state index is -4.46. The standard InChI is InChI=1S/C11H13ClF3N3/c1-7-2-4-18(5-3-7)9-8(11(13,14)15)6-16-10(12)17-9/h6-7H,2-5H2,1H3. The molecule has 0 radical (unpaired) electrons. The first-order chi connectivity index (χ1) is 8.38. The second-order valence-electron chi connectivity index (χ2n) is 4.54. The number of hydrogen-bond donors (Lipinski definition) is 0. The first kappa shape index (κ1) is 13.4.